The minimum absolute atomic E-state index is 0.0501. The van der Waals surface area contributed by atoms with Gasteiger partial charge >= 0.3 is 0 Å². The Morgan fingerprint density at radius 2 is 1.64 bits per heavy atom. The van der Waals surface area contributed by atoms with E-state index in [0.717, 1.165) is 65.9 Å². The second-order valence-electron chi connectivity index (χ2n) is 13.9. The fraction of sp³-hybridized carbons (Fsp3) is 0.579. The Morgan fingerprint density at radius 3 is 2.36 bits per heavy atom. The number of hydrogen-bond acceptors (Lipinski definition) is 6. The molecule has 5 rings (SSSR count). The van der Waals surface area contributed by atoms with Crippen LogP contribution in [0.15, 0.2) is 62.3 Å². The molecule has 0 atom stereocenters. The molecule has 2 aliphatic heterocycles. The number of fused-ring (bicyclic) bond motifs is 1. The zero-order valence-electron chi connectivity index (χ0n) is 28.6. The van der Waals surface area contributed by atoms with Crippen LogP contribution in [0.25, 0.3) is 0 Å². The Hall–Kier alpha value is -2.38. The topological polar surface area (TPSA) is 45.1 Å². The highest BCUT2D eigenvalue weighted by atomic mass is 32.2. The van der Waals surface area contributed by atoms with Gasteiger partial charge in [0.05, 0.1) is 12.3 Å². The number of amides is 1. The third kappa shape index (κ3) is 7.30. The number of rotatable bonds is 12. The van der Waals surface area contributed by atoms with E-state index in [1.807, 2.05) is 0 Å². The quantitative estimate of drug-likeness (QED) is 0.169. The molecule has 1 saturated carbocycles. The van der Waals surface area contributed by atoms with Gasteiger partial charge in [0.1, 0.15) is 15.7 Å². The summed E-state index contributed by atoms with van der Waals surface area (Å²) in [6.07, 6.45) is 9.78. The van der Waals surface area contributed by atoms with Crippen LogP contribution in [0.1, 0.15) is 117 Å². The van der Waals surface area contributed by atoms with Crippen molar-refractivity contribution in [3.63, 3.8) is 0 Å². The highest BCUT2D eigenvalue weighted by Crippen LogP contribution is 2.51. The lowest BCUT2D eigenvalue weighted by molar-refractivity contribution is -0.124. The zero-order valence-corrected chi connectivity index (χ0v) is 30.2. The third-order valence-corrected chi connectivity index (χ3v) is 12.6. The molecule has 0 aromatic heterocycles. The lowest BCUT2D eigenvalue weighted by atomic mass is 9.76. The SMILES string of the molecule is CCN1/C(=C2/SC(=NCCCCOc3ccc(C(C)(C)CC)cc3C(C)(C)CC)N(C3CCCCC3)C2=O)Sc2ccccc21. The van der Waals surface area contributed by atoms with Crippen LogP contribution in [0.5, 0.6) is 5.75 Å². The molecule has 0 bridgehead atoms. The molecule has 7 heteroatoms. The Labute approximate surface area is 280 Å². The fourth-order valence-electron chi connectivity index (χ4n) is 6.37. The number of anilines is 1. The van der Waals surface area contributed by atoms with Crippen molar-refractivity contribution >= 4 is 40.3 Å². The molecule has 2 fully saturated rings. The first-order chi connectivity index (χ1) is 21.6. The van der Waals surface area contributed by atoms with Crippen LogP contribution in [0.3, 0.4) is 0 Å². The van der Waals surface area contributed by atoms with Gasteiger partial charge in [0.2, 0.25) is 0 Å². The normalized spacial score (nSPS) is 20.4. The number of aliphatic imine (C=N–C) groups is 1. The lowest BCUT2D eigenvalue weighted by Crippen LogP contribution is -2.40. The smallest absolute Gasteiger partial charge is 0.269 e. The molecule has 1 saturated heterocycles. The highest BCUT2D eigenvalue weighted by molar-refractivity contribution is 8.19. The Balaban J connectivity index is 1.27. The number of benzene rings is 2. The molecular formula is C38H53N3O2S2. The first-order valence-electron chi connectivity index (χ1n) is 17.2. The summed E-state index contributed by atoms with van der Waals surface area (Å²) >= 11 is 3.32. The maximum Gasteiger partial charge on any atom is 0.269 e. The standard InChI is InChI=1S/C38H53N3O2S2/c1-8-37(4,5)27-22-23-31(29(26-27)38(6,7)9-2)43-25-17-16-24-39-36-41(28-18-12-11-13-19-28)34(42)33(45-36)35-40(10-3)30-20-14-15-21-32(30)44-35/h14-15,20-23,26,28H,8-13,16-19,24-25H2,1-7H3/b35-33-,39-36?. The van der Waals surface area contributed by atoms with Gasteiger partial charge in [0.25, 0.3) is 5.91 Å². The van der Waals surface area contributed by atoms with E-state index in [4.69, 9.17) is 9.73 Å². The maximum absolute atomic E-state index is 14.1. The van der Waals surface area contributed by atoms with E-state index >= 15 is 0 Å². The molecule has 0 unspecified atom stereocenters. The van der Waals surface area contributed by atoms with Crippen molar-refractivity contribution in [2.24, 2.45) is 4.99 Å². The molecule has 1 aliphatic carbocycles. The van der Waals surface area contributed by atoms with E-state index in [0.29, 0.717) is 13.2 Å². The van der Waals surface area contributed by atoms with Crippen molar-refractivity contribution in [2.45, 2.75) is 128 Å². The first-order valence-corrected chi connectivity index (χ1v) is 18.9. The van der Waals surface area contributed by atoms with Gasteiger partial charge < -0.3 is 9.64 Å². The first kappa shape index (κ1) is 34.0. The molecule has 45 heavy (non-hydrogen) atoms. The van der Waals surface area contributed by atoms with Crippen LogP contribution in [0.4, 0.5) is 5.69 Å². The van der Waals surface area contributed by atoms with Crippen LogP contribution in [-0.2, 0) is 15.6 Å². The molecule has 2 heterocycles. The van der Waals surface area contributed by atoms with Gasteiger partial charge in [-0.15, -0.1) is 0 Å². The maximum atomic E-state index is 14.1. The van der Waals surface area contributed by atoms with Crippen molar-refractivity contribution in [1.29, 1.82) is 0 Å². The molecule has 2 aromatic carbocycles. The summed E-state index contributed by atoms with van der Waals surface area (Å²) in [4.78, 5) is 25.5. The molecule has 0 N–H and O–H groups in total. The van der Waals surface area contributed by atoms with E-state index in [2.05, 4.69) is 101 Å². The number of para-hydroxylation sites is 1. The minimum atomic E-state index is 0.0501. The average Bonchev–Trinajstić information content (AvgIpc) is 3.59. The predicted octanol–water partition coefficient (Wildman–Crippen LogP) is 10.3. The average molecular weight is 648 g/mol. The van der Waals surface area contributed by atoms with Crippen molar-refractivity contribution in [1.82, 2.24) is 4.90 Å². The van der Waals surface area contributed by atoms with Gasteiger partial charge in [0.15, 0.2) is 5.17 Å². The summed E-state index contributed by atoms with van der Waals surface area (Å²) in [6.45, 7) is 18.2. The lowest BCUT2D eigenvalue weighted by Gasteiger charge is -2.30. The summed E-state index contributed by atoms with van der Waals surface area (Å²) in [5, 5.41) is 1.95. The third-order valence-electron chi connectivity index (χ3n) is 10.2. The number of hydrogen-bond donors (Lipinski definition) is 0. The number of nitrogens with zero attached hydrogens (tertiary/aromatic N) is 3. The molecule has 3 aliphatic rings. The molecule has 1 amide bonds. The highest BCUT2D eigenvalue weighted by Gasteiger charge is 2.42. The predicted molar refractivity (Wildman–Crippen MR) is 194 cm³/mol. The van der Waals surface area contributed by atoms with Gasteiger partial charge in [-0.2, -0.15) is 0 Å². The Morgan fingerprint density at radius 1 is 0.911 bits per heavy atom. The number of carbonyl (C=O) groups is 1. The van der Waals surface area contributed by atoms with Gasteiger partial charge in [-0.1, -0.05) is 96.8 Å². The zero-order chi connectivity index (χ0) is 32.2. The van der Waals surface area contributed by atoms with Crippen molar-refractivity contribution in [3.05, 3.63) is 63.5 Å². The van der Waals surface area contributed by atoms with Crippen LogP contribution >= 0.6 is 23.5 Å². The van der Waals surface area contributed by atoms with E-state index in [1.165, 1.54) is 41.0 Å². The Kier molecular flexibility index (Phi) is 11.0. The number of unbranched alkanes of at least 4 members (excludes halogenated alkanes) is 1. The molecule has 244 valence electrons. The largest absolute Gasteiger partial charge is 0.493 e. The van der Waals surface area contributed by atoms with Crippen LogP contribution in [0.2, 0.25) is 0 Å². The van der Waals surface area contributed by atoms with Gasteiger partial charge in [0, 0.05) is 29.6 Å². The van der Waals surface area contributed by atoms with Crippen molar-refractivity contribution in [2.75, 3.05) is 24.6 Å². The number of carbonyl (C=O) groups excluding carboxylic acids is 1. The summed E-state index contributed by atoms with van der Waals surface area (Å²) in [6, 6.07) is 15.6. The second-order valence-corrected chi connectivity index (χ2v) is 15.9. The van der Waals surface area contributed by atoms with Crippen LogP contribution in [0, 0.1) is 0 Å². The summed E-state index contributed by atoms with van der Waals surface area (Å²) in [5.74, 6) is 1.15. The molecule has 0 radical (unpaired) electrons. The van der Waals surface area contributed by atoms with Gasteiger partial charge in [-0.25, -0.2) is 0 Å². The van der Waals surface area contributed by atoms with Crippen LogP contribution < -0.4 is 9.64 Å². The number of amidine groups is 1. The number of thioether (sulfide) groups is 2. The van der Waals surface area contributed by atoms with Gasteiger partial charge in [-0.3, -0.25) is 14.7 Å². The van der Waals surface area contributed by atoms with E-state index < -0.39 is 0 Å². The second kappa shape index (κ2) is 14.6. The van der Waals surface area contributed by atoms with Crippen molar-refractivity contribution in [3.8, 4) is 5.75 Å². The number of ether oxygens (including phenoxy) is 1. The van der Waals surface area contributed by atoms with E-state index in [-0.39, 0.29) is 22.8 Å². The molecular weight excluding hydrogens is 595 g/mol. The molecule has 5 nitrogen and oxygen atoms in total. The van der Waals surface area contributed by atoms with Gasteiger partial charge in [-0.05, 0) is 91.8 Å². The molecule has 0 spiro atoms. The summed E-state index contributed by atoms with van der Waals surface area (Å²) in [5.41, 5.74) is 4.08. The summed E-state index contributed by atoms with van der Waals surface area (Å²) in [7, 11) is 0. The monoisotopic (exact) mass is 647 g/mol. The van der Waals surface area contributed by atoms with E-state index in [9.17, 15) is 4.79 Å². The van der Waals surface area contributed by atoms with Crippen LogP contribution in [-0.4, -0.2) is 41.7 Å². The minimum Gasteiger partial charge on any atom is -0.493 e. The van der Waals surface area contributed by atoms with Crippen molar-refractivity contribution < 1.29 is 9.53 Å². The Bertz CT molecular complexity index is 1420. The summed E-state index contributed by atoms with van der Waals surface area (Å²) < 4.78 is 6.44. The fourth-order valence-corrected chi connectivity index (χ4v) is 8.83. The van der Waals surface area contributed by atoms with E-state index in [1.54, 1.807) is 23.5 Å². The molecule has 2 aromatic rings.